The lowest BCUT2D eigenvalue weighted by molar-refractivity contribution is -0.158. The molecule has 5 unspecified atom stereocenters. The number of hydrogen-bond acceptors (Lipinski definition) is 11. The zero-order chi connectivity index (χ0) is 32.9. The lowest BCUT2D eigenvalue weighted by atomic mass is 9.98. The molecular weight excluding hydrogens is 562 g/mol. The average Bonchev–Trinajstić information content (AvgIpc) is 2.86. The number of fused-ring (bicyclic) bond motifs is 1. The highest BCUT2D eigenvalue weighted by Gasteiger charge is 2.43. The molecule has 0 saturated heterocycles. The van der Waals surface area contributed by atoms with Gasteiger partial charge in [-0.3, -0.25) is 9.69 Å². The largest absolute Gasteiger partial charge is 0.458 e. The van der Waals surface area contributed by atoms with Crippen molar-refractivity contribution in [2.75, 3.05) is 30.9 Å². The van der Waals surface area contributed by atoms with Crippen LogP contribution in [0.3, 0.4) is 0 Å². The number of nitrogens with one attached hydrogen (secondary N) is 3. The van der Waals surface area contributed by atoms with Crippen molar-refractivity contribution >= 4 is 41.9 Å². The molecule has 0 spiro atoms. The summed E-state index contributed by atoms with van der Waals surface area (Å²) in [5, 5.41) is 17.0. The Bertz CT molecular complexity index is 1230. The van der Waals surface area contributed by atoms with Crippen molar-refractivity contribution in [2.24, 2.45) is 10.9 Å². The van der Waals surface area contributed by atoms with Crippen molar-refractivity contribution in [3.63, 3.8) is 0 Å². The summed E-state index contributed by atoms with van der Waals surface area (Å²) in [5.74, 6) is -0.949. The van der Waals surface area contributed by atoms with Crippen LogP contribution in [0, 0.1) is 5.92 Å². The van der Waals surface area contributed by atoms with Gasteiger partial charge in [0.25, 0.3) is 0 Å². The van der Waals surface area contributed by atoms with Gasteiger partial charge >= 0.3 is 23.7 Å². The number of amides is 2. The van der Waals surface area contributed by atoms with Gasteiger partial charge in [0.05, 0.1) is 12.4 Å². The Morgan fingerprint density at radius 1 is 1.16 bits per heavy atom. The molecule has 242 valence electrons. The van der Waals surface area contributed by atoms with E-state index in [4.69, 9.17) is 14.2 Å². The zero-order valence-corrected chi connectivity index (χ0v) is 27.0. The van der Waals surface area contributed by atoms with Crippen molar-refractivity contribution in [3.8, 4) is 0 Å². The number of aromatic amines is 1. The van der Waals surface area contributed by atoms with Crippen LogP contribution >= 0.6 is 0 Å². The van der Waals surface area contributed by atoms with Gasteiger partial charge in [-0.25, -0.2) is 19.4 Å². The van der Waals surface area contributed by atoms with E-state index in [1.807, 2.05) is 6.92 Å². The van der Waals surface area contributed by atoms with Crippen LogP contribution in [0.2, 0.25) is 0 Å². The average molecular weight is 610 g/mol. The number of anilines is 2. The number of carbonyl (C=O) groups is 3. The number of carbonyl (C=O) groups excluding carboxylic acids is 3. The Morgan fingerprint density at radius 2 is 1.77 bits per heavy atom. The standard InChI is InChI=1S/C28H47N7O8/c1-12-15(2)18(31-25(39)42-27(4,5)6)23(38)41-16(3)20(36)17-13-29-21-19(35(17)26(40)43-28(7,8)9)22(37)33-24(32-21)30-14-34(10)11/h14-18,20,36H,12-13H2,1-11H3,(H,31,39)(H2,29,32,33,37)/b30-14+. The summed E-state index contributed by atoms with van der Waals surface area (Å²) in [4.78, 5) is 65.9. The van der Waals surface area contributed by atoms with Crippen LogP contribution in [0.5, 0.6) is 0 Å². The Hall–Kier alpha value is -3.88. The van der Waals surface area contributed by atoms with Crippen LogP contribution in [0.15, 0.2) is 9.79 Å². The molecule has 2 amide bonds. The second-order valence-electron chi connectivity index (χ2n) is 12.7. The molecule has 15 nitrogen and oxygen atoms in total. The number of aliphatic hydroxyl groups excluding tert-OH is 1. The van der Waals surface area contributed by atoms with Gasteiger partial charge in [0.15, 0.2) is 5.69 Å². The van der Waals surface area contributed by atoms with Crippen molar-refractivity contribution in [3.05, 3.63) is 10.4 Å². The molecule has 43 heavy (non-hydrogen) atoms. The summed E-state index contributed by atoms with van der Waals surface area (Å²) in [6, 6.07) is -2.17. The van der Waals surface area contributed by atoms with E-state index in [-0.39, 0.29) is 29.9 Å². The number of nitrogens with zero attached hydrogens (tertiary/aromatic N) is 4. The summed E-state index contributed by atoms with van der Waals surface area (Å²) in [6.45, 7) is 15.1. The Morgan fingerprint density at radius 3 is 2.30 bits per heavy atom. The van der Waals surface area contributed by atoms with E-state index >= 15 is 0 Å². The summed E-state index contributed by atoms with van der Waals surface area (Å²) < 4.78 is 16.5. The number of ether oxygens (including phenoxy) is 3. The molecule has 15 heteroatoms. The van der Waals surface area contributed by atoms with Crippen molar-refractivity contribution in [1.82, 2.24) is 20.2 Å². The number of alkyl carbamates (subject to hydrolysis) is 1. The first-order chi connectivity index (χ1) is 19.7. The van der Waals surface area contributed by atoms with Gasteiger partial charge in [0, 0.05) is 20.6 Å². The summed E-state index contributed by atoms with van der Waals surface area (Å²) >= 11 is 0. The summed E-state index contributed by atoms with van der Waals surface area (Å²) in [5.41, 5.74) is -2.68. The summed E-state index contributed by atoms with van der Waals surface area (Å²) in [6.07, 6.45) is -2.35. The number of aliphatic imine (C=N–C) groups is 1. The monoisotopic (exact) mass is 609 g/mol. The second-order valence-corrected chi connectivity index (χ2v) is 12.7. The minimum Gasteiger partial charge on any atom is -0.458 e. The fourth-order valence-corrected chi connectivity index (χ4v) is 4.06. The molecule has 4 N–H and O–H groups in total. The van der Waals surface area contributed by atoms with Crippen molar-refractivity contribution in [1.29, 1.82) is 0 Å². The maximum Gasteiger partial charge on any atom is 0.415 e. The van der Waals surface area contributed by atoms with Gasteiger partial charge < -0.3 is 39.8 Å². The molecule has 0 aliphatic carbocycles. The molecule has 2 heterocycles. The molecular formula is C28H47N7O8. The highest BCUT2D eigenvalue weighted by atomic mass is 16.6. The van der Waals surface area contributed by atoms with Gasteiger partial charge in [-0.05, 0) is 54.4 Å². The van der Waals surface area contributed by atoms with Crippen LogP contribution < -0.4 is 21.1 Å². The number of rotatable bonds is 9. The first kappa shape index (κ1) is 35.3. The smallest absolute Gasteiger partial charge is 0.415 e. The molecule has 0 aromatic carbocycles. The number of hydrogen-bond donors (Lipinski definition) is 4. The molecule has 0 fully saturated rings. The predicted molar refractivity (Wildman–Crippen MR) is 162 cm³/mol. The third-order valence-corrected chi connectivity index (χ3v) is 6.26. The van der Waals surface area contributed by atoms with Crippen LogP contribution in [0.25, 0.3) is 0 Å². The molecule has 0 radical (unpaired) electrons. The molecule has 1 aliphatic heterocycles. The van der Waals surface area contributed by atoms with Crippen molar-refractivity contribution in [2.45, 2.75) is 104 Å². The Kier molecular flexibility index (Phi) is 11.5. The molecule has 1 aromatic heterocycles. The summed E-state index contributed by atoms with van der Waals surface area (Å²) in [7, 11) is 3.50. The van der Waals surface area contributed by atoms with Crippen molar-refractivity contribution < 1.29 is 33.7 Å². The van der Waals surface area contributed by atoms with Crippen LogP contribution in [-0.4, -0.2) is 101 Å². The third kappa shape index (κ3) is 10.1. The van der Waals surface area contributed by atoms with E-state index in [2.05, 4.69) is 25.6 Å². The van der Waals surface area contributed by atoms with Gasteiger partial charge in [0.2, 0.25) is 5.95 Å². The maximum absolute atomic E-state index is 13.4. The zero-order valence-electron chi connectivity index (χ0n) is 27.0. The van der Waals surface area contributed by atoms with Gasteiger partial charge in [0.1, 0.15) is 35.3 Å². The van der Waals surface area contributed by atoms with Crippen LogP contribution in [-0.2, 0) is 19.0 Å². The first-order valence-electron chi connectivity index (χ1n) is 14.2. The third-order valence-electron chi connectivity index (χ3n) is 6.26. The SMILES string of the molecule is CCC(C)C(NC(=O)OC(C)(C)C)C(=O)OC(C)C(O)C1CNc2[nH]c(/N=C/N(C)C)nc(=O)c2N1C(=O)OC(C)(C)C. The predicted octanol–water partition coefficient (Wildman–Crippen LogP) is 2.76. The minimum atomic E-state index is -1.48. The maximum atomic E-state index is 13.4. The Labute approximate surface area is 252 Å². The molecule has 0 bridgehead atoms. The topological polar surface area (TPSA) is 188 Å². The number of aliphatic hydroxyl groups is 1. The number of aromatic nitrogens is 2. The van der Waals surface area contributed by atoms with E-state index in [0.29, 0.717) is 6.42 Å². The van der Waals surface area contributed by atoms with Crippen LogP contribution in [0.4, 0.5) is 27.0 Å². The van der Waals surface area contributed by atoms with E-state index in [1.165, 1.54) is 13.3 Å². The quantitative estimate of drug-likeness (QED) is 0.139. The lowest BCUT2D eigenvalue weighted by Gasteiger charge is -2.40. The van der Waals surface area contributed by atoms with E-state index in [0.717, 1.165) is 4.90 Å². The van der Waals surface area contributed by atoms with Gasteiger partial charge in [-0.2, -0.15) is 4.98 Å². The highest BCUT2D eigenvalue weighted by Crippen LogP contribution is 2.31. The molecule has 0 saturated carbocycles. The van der Waals surface area contributed by atoms with E-state index in [9.17, 15) is 24.3 Å². The highest BCUT2D eigenvalue weighted by molar-refractivity contribution is 5.93. The lowest BCUT2D eigenvalue weighted by Crippen LogP contribution is -2.59. The van der Waals surface area contributed by atoms with Gasteiger partial charge in [-0.1, -0.05) is 20.3 Å². The van der Waals surface area contributed by atoms with E-state index in [1.54, 1.807) is 67.5 Å². The fraction of sp³-hybridized carbons (Fsp3) is 0.714. The fourth-order valence-electron chi connectivity index (χ4n) is 4.06. The number of H-pyrrole nitrogens is 1. The van der Waals surface area contributed by atoms with Crippen LogP contribution in [0.1, 0.15) is 68.7 Å². The molecule has 1 aliphatic rings. The minimum absolute atomic E-state index is 0.00367. The Balaban J connectivity index is 2.39. The van der Waals surface area contributed by atoms with E-state index < -0.39 is 59.2 Å². The second kappa shape index (κ2) is 14.1. The molecule has 2 rings (SSSR count). The number of esters is 1. The molecule has 5 atom stereocenters. The molecule has 1 aromatic rings. The first-order valence-corrected chi connectivity index (χ1v) is 14.2. The normalized spacial score (nSPS) is 18.0. The van der Waals surface area contributed by atoms with Gasteiger partial charge in [-0.15, -0.1) is 0 Å².